The highest BCUT2D eigenvalue weighted by Gasteiger charge is 2.28. The van der Waals surface area contributed by atoms with Gasteiger partial charge in [-0.25, -0.2) is 0 Å². The average molecular weight is 280 g/mol. The van der Waals surface area contributed by atoms with Crippen molar-refractivity contribution >= 4 is 23.6 Å². The minimum Gasteiger partial charge on any atom is -0.481 e. The van der Waals surface area contributed by atoms with Gasteiger partial charge in [0.2, 0.25) is 5.91 Å². The molecule has 1 amide bonds. The van der Waals surface area contributed by atoms with E-state index in [2.05, 4.69) is 4.98 Å². The normalized spacial score (nSPS) is 19.2. The fraction of sp³-hybridized carbons (Fsp3) is 0.462. The Bertz CT molecular complexity index is 452. The molecular formula is C13H16N2O3S. The van der Waals surface area contributed by atoms with Crippen LogP contribution in [0.4, 0.5) is 0 Å². The Labute approximate surface area is 116 Å². The zero-order valence-electron chi connectivity index (χ0n) is 10.5. The molecule has 0 saturated carbocycles. The van der Waals surface area contributed by atoms with E-state index in [9.17, 15) is 9.59 Å². The Morgan fingerprint density at radius 3 is 3.00 bits per heavy atom. The molecular weight excluding hydrogens is 264 g/mol. The second-order valence-electron chi connectivity index (χ2n) is 4.41. The number of amides is 1. The Kier molecular flexibility index (Phi) is 4.79. The highest BCUT2D eigenvalue weighted by molar-refractivity contribution is 7.99. The number of thioether (sulfide) groups is 1. The summed E-state index contributed by atoms with van der Waals surface area (Å²) in [4.78, 5) is 28.9. The van der Waals surface area contributed by atoms with Gasteiger partial charge in [0.1, 0.15) is 0 Å². The molecule has 0 aromatic carbocycles. The number of hydrogen-bond acceptors (Lipinski definition) is 4. The number of aliphatic carboxylic acids is 1. The van der Waals surface area contributed by atoms with Crippen LogP contribution < -0.4 is 0 Å². The molecule has 2 heterocycles. The molecule has 0 spiro atoms. The van der Waals surface area contributed by atoms with Gasteiger partial charge in [0.15, 0.2) is 0 Å². The van der Waals surface area contributed by atoms with Crippen molar-refractivity contribution in [3.63, 3.8) is 0 Å². The molecule has 2 rings (SSSR count). The highest BCUT2D eigenvalue weighted by Crippen LogP contribution is 2.20. The standard InChI is InChI=1S/C13H16N2O3S/c16-12(7-10-3-1-2-4-14-10)15-5-6-19-9-11(15)8-13(17)18/h1-4,11H,5-9H2,(H,17,18). The van der Waals surface area contributed by atoms with Crippen molar-refractivity contribution in [2.45, 2.75) is 18.9 Å². The molecule has 1 aliphatic heterocycles. The van der Waals surface area contributed by atoms with Crippen molar-refractivity contribution in [2.24, 2.45) is 0 Å². The zero-order valence-corrected chi connectivity index (χ0v) is 11.3. The molecule has 19 heavy (non-hydrogen) atoms. The van der Waals surface area contributed by atoms with E-state index in [1.165, 1.54) is 0 Å². The maximum absolute atomic E-state index is 12.2. The summed E-state index contributed by atoms with van der Waals surface area (Å²) in [6, 6.07) is 5.25. The third-order valence-corrected chi connectivity index (χ3v) is 4.11. The molecule has 1 N–H and O–H groups in total. The Hall–Kier alpha value is -1.56. The monoisotopic (exact) mass is 280 g/mol. The van der Waals surface area contributed by atoms with E-state index in [0.717, 1.165) is 11.4 Å². The summed E-state index contributed by atoms with van der Waals surface area (Å²) in [5.74, 6) is 0.665. The predicted molar refractivity (Wildman–Crippen MR) is 73.0 cm³/mol. The van der Waals surface area contributed by atoms with Gasteiger partial charge in [-0.15, -0.1) is 0 Å². The average Bonchev–Trinajstić information content (AvgIpc) is 2.39. The molecule has 1 aliphatic rings. The largest absolute Gasteiger partial charge is 0.481 e. The van der Waals surface area contributed by atoms with Crippen molar-refractivity contribution in [1.82, 2.24) is 9.88 Å². The van der Waals surface area contributed by atoms with Gasteiger partial charge in [-0.1, -0.05) is 6.07 Å². The molecule has 1 atom stereocenters. The topological polar surface area (TPSA) is 70.5 Å². The minimum absolute atomic E-state index is 0.0148. The molecule has 5 nitrogen and oxygen atoms in total. The van der Waals surface area contributed by atoms with E-state index in [-0.39, 0.29) is 24.8 Å². The van der Waals surface area contributed by atoms with Gasteiger partial charge in [-0.3, -0.25) is 14.6 Å². The van der Waals surface area contributed by atoms with E-state index >= 15 is 0 Å². The number of nitrogens with zero attached hydrogens (tertiary/aromatic N) is 2. The molecule has 102 valence electrons. The minimum atomic E-state index is -0.858. The van der Waals surface area contributed by atoms with E-state index < -0.39 is 5.97 Å². The van der Waals surface area contributed by atoms with Gasteiger partial charge in [0.25, 0.3) is 0 Å². The van der Waals surface area contributed by atoms with Gasteiger partial charge >= 0.3 is 5.97 Å². The number of carbonyl (C=O) groups is 2. The zero-order chi connectivity index (χ0) is 13.7. The van der Waals surface area contributed by atoms with E-state index in [4.69, 9.17) is 5.11 Å². The number of pyridine rings is 1. The first-order valence-electron chi connectivity index (χ1n) is 6.15. The number of hydrogen-bond donors (Lipinski definition) is 1. The van der Waals surface area contributed by atoms with Crippen LogP contribution in [0.5, 0.6) is 0 Å². The Morgan fingerprint density at radius 2 is 2.32 bits per heavy atom. The number of carboxylic acids is 1. The van der Waals surface area contributed by atoms with Crippen LogP contribution in [0.2, 0.25) is 0 Å². The second kappa shape index (κ2) is 6.56. The lowest BCUT2D eigenvalue weighted by Gasteiger charge is -2.34. The summed E-state index contributed by atoms with van der Waals surface area (Å²) in [5, 5.41) is 8.90. The molecule has 1 aromatic rings. The van der Waals surface area contributed by atoms with Crippen molar-refractivity contribution in [3.8, 4) is 0 Å². The van der Waals surface area contributed by atoms with Crippen molar-refractivity contribution in [3.05, 3.63) is 30.1 Å². The second-order valence-corrected chi connectivity index (χ2v) is 5.56. The van der Waals surface area contributed by atoms with Gasteiger partial charge < -0.3 is 10.0 Å². The van der Waals surface area contributed by atoms with Crippen LogP contribution in [0.1, 0.15) is 12.1 Å². The highest BCUT2D eigenvalue weighted by atomic mass is 32.2. The summed E-state index contributed by atoms with van der Waals surface area (Å²) < 4.78 is 0. The van der Waals surface area contributed by atoms with Crippen LogP contribution in [-0.2, 0) is 16.0 Å². The van der Waals surface area contributed by atoms with E-state index in [0.29, 0.717) is 12.3 Å². The molecule has 1 fully saturated rings. The molecule has 0 aliphatic carbocycles. The maximum Gasteiger partial charge on any atom is 0.305 e. The molecule has 1 unspecified atom stereocenters. The molecule has 1 saturated heterocycles. The summed E-state index contributed by atoms with van der Waals surface area (Å²) in [7, 11) is 0. The number of carboxylic acid groups (broad SMARTS) is 1. The number of rotatable bonds is 4. The predicted octanol–water partition coefficient (Wildman–Crippen LogP) is 1.04. The molecule has 0 bridgehead atoms. The first-order valence-corrected chi connectivity index (χ1v) is 7.31. The Balaban J connectivity index is 2.01. The smallest absolute Gasteiger partial charge is 0.305 e. The quantitative estimate of drug-likeness (QED) is 0.892. The van der Waals surface area contributed by atoms with Crippen LogP contribution >= 0.6 is 11.8 Å². The summed E-state index contributed by atoms with van der Waals surface area (Å²) in [5.41, 5.74) is 0.722. The lowest BCUT2D eigenvalue weighted by molar-refractivity contribution is -0.140. The number of aromatic nitrogens is 1. The third kappa shape index (κ3) is 3.96. The van der Waals surface area contributed by atoms with Crippen LogP contribution in [0.3, 0.4) is 0 Å². The lowest BCUT2D eigenvalue weighted by atomic mass is 10.1. The van der Waals surface area contributed by atoms with E-state index in [1.807, 2.05) is 12.1 Å². The summed E-state index contributed by atoms with van der Waals surface area (Å²) in [6.07, 6.45) is 1.91. The Morgan fingerprint density at radius 1 is 1.47 bits per heavy atom. The van der Waals surface area contributed by atoms with Crippen molar-refractivity contribution < 1.29 is 14.7 Å². The third-order valence-electron chi connectivity index (χ3n) is 3.02. The fourth-order valence-electron chi connectivity index (χ4n) is 2.11. The van der Waals surface area contributed by atoms with Gasteiger partial charge in [0.05, 0.1) is 18.9 Å². The molecule has 0 radical (unpaired) electrons. The molecule has 6 heteroatoms. The van der Waals surface area contributed by atoms with Gasteiger partial charge in [-0.2, -0.15) is 11.8 Å². The van der Waals surface area contributed by atoms with Crippen LogP contribution in [0.15, 0.2) is 24.4 Å². The van der Waals surface area contributed by atoms with Crippen LogP contribution in [0, 0.1) is 0 Å². The SMILES string of the molecule is O=C(O)CC1CSCCN1C(=O)Cc1ccccn1. The molecule has 1 aromatic heterocycles. The summed E-state index contributed by atoms with van der Waals surface area (Å²) in [6.45, 7) is 0.619. The van der Waals surface area contributed by atoms with Crippen molar-refractivity contribution in [2.75, 3.05) is 18.1 Å². The van der Waals surface area contributed by atoms with Crippen LogP contribution in [0.25, 0.3) is 0 Å². The van der Waals surface area contributed by atoms with Gasteiger partial charge in [0, 0.05) is 29.9 Å². The van der Waals surface area contributed by atoms with Crippen molar-refractivity contribution in [1.29, 1.82) is 0 Å². The first-order chi connectivity index (χ1) is 9.16. The van der Waals surface area contributed by atoms with E-state index in [1.54, 1.807) is 28.9 Å². The lowest BCUT2D eigenvalue weighted by Crippen LogP contribution is -2.47. The maximum atomic E-state index is 12.2. The fourth-order valence-corrected chi connectivity index (χ4v) is 3.18. The first kappa shape index (κ1) is 13.9. The van der Waals surface area contributed by atoms with Crippen LogP contribution in [-0.4, -0.2) is 51.0 Å². The summed E-state index contributed by atoms with van der Waals surface area (Å²) >= 11 is 1.70. The number of carbonyl (C=O) groups excluding carboxylic acids is 1. The van der Waals surface area contributed by atoms with Gasteiger partial charge in [-0.05, 0) is 12.1 Å².